The third-order valence-electron chi connectivity index (χ3n) is 4.93. The van der Waals surface area contributed by atoms with Gasteiger partial charge in [0, 0.05) is 25.1 Å². The van der Waals surface area contributed by atoms with Crippen LogP contribution in [-0.2, 0) is 24.2 Å². The van der Waals surface area contributed by atoms with Crippen molar-refractivity contribution in [2.45, 2.75) is 38.1 Å². The highest BCUT2D eigenvalue weighted by Crippen LogP contribution is 2.31. The summed E-state index contributed by atoms with van der Waals surface area (Å²) in [5.74, 6) is -1.05. The third kappa shape index (κ3) is 2.38. The highest BCUT2D eigenvalue weighted by Gasteiger charge is 2.35. The Morgan fingerprint density at radius 1 is 1.21 bits per heavy atom. The number of amides is 1. The molecule has 0 saturated carbocycles. The number of carbonyl (C=O) groups is 2. The zero-order valence-corrected chi connectivity index (χ0v) is 13.2. The number of aromatic nitrogens is 1. The molecule has 0 spiro atoms. The molecule has 0 bridgehead atoms. The predicted molar refractivity (Wildman–Crippen MR) is 84.7 cm³/mol. The van der Waals surface area contributed by atoms with Crippen LogP contribution in [-0.4, -0.2) is 33.6 Å². The van der Waals surface area contributed by atoms with Crippen molar-refractivity contribution in [1.82, 2.24) is 10.1 Å². The first kappa shape index (κ1) is 14.9. The van der Waals surface area contributed by atoms with Crippen LogP contribution >= 0.6 is 0 Å². The first-order chi connectivity index (χ1) is 11.6. The van der Waals surface area contributed by atoms with E-state index in [1.165, 1.54) is 0 Å². The van der Waals surface area contributed by atoms with Gasteiger partial charge in [0.1, 0.15) is 5.76 Å². The van der Waals surface area contributed by atoms with Crippen molar-refractivity contribution < 1.29 is 19.2 Å². The molecule has 0 saturated heterocycles. The molecule has 6 nitrogen and oxygen atoms in total. The Kier molecular flexibility index (Phi) is 3.59. The van der Waals surface area contributed by atoms with Gasteiger partial charge in [0.15, 0.2) is 5.69 Å². The first-order valence-electron chi connectivity index (χ1n) is 8.22. The van der Waals surface area contributed by atoms with E-state index < -0.39 is 11.9 Å². The van der Waals surface area contributed by atoms with Gasteiger partial charge in [0.05, 0.1) is 5.92 Å². The van der Waals surface area contributed by atoms with E-state index in [2.05, 4.69) is 5.16 Å². The number of fused-ring (bicyclic) bond motifs is 2. The van der Waals surface area contributed by atoms with Gasteiger partial charge in [-0.1, -0.05) is 29.4 Å². The van der Waals surface area contributed by atoms with Gasteiger partial charge in [-0.05, 0) is 30.4 Å². The summed E-state index contributed by atoms with van der Waals surface area (Å²) < 4.78 is 5.33. The number of carboxylic acid groups (broad SMARTS) is 1. The third-order valence-corrected chi connectivity index (χ3v) is 4.93. The van der Waals surface area contributed by atoms with Crippen molar-refractivity contribution in [3.05, 3.63) is 52.4 Å². The lowest BCUT2D eigenvalue weighted by atomic mass is 9.89. The fourth-order valence-corrected chi connectivity index (χ4v) is 3.68. The summed E-state index contributed by atoms with van der Waals surface area (Å²) in [4.78, 5) is 26.1. The van der Waals surface area contributed by atoms with Crippen molar-refractivity contribution >= 4 is 11.9 Å². The van der Waals surface area contributed by atoms with Crippen LogP contribution in [0, 0.1) is 0 Å². The Morgan fingerprint density at radius 3 is 2.83 bits per heavy atom. The summed E-state index contributed by atoms with van der Waals surface area (Å²) in [6.07, 6.45) is 3.69. The average Bonchev–Trinajstić information content (AvgIpc) is 3.04. The Hall–Kier alpha value is -2.63. The SMILES string of the molecule is O=C(O)C1CN(C(=O)c2noc3c2CCCC3)Cc2ccccc21. The van der Waals surface area contributed by atoms with Gasteiger partial charge in [0.2, 0.25) is 0 Å². The summed E-state index contributed by atoms with van der Waals surface area (Å²) in [5.41, 5.74) is 2.92. The summed E-state index contributed by atoms with van der Waals surface area (Å²) in [7, 11) is 0. The molecule has 1 aromatic heterocycles. The van der Waals surface area contributed by atoms with E-state index in [0.29, 0.717) is 12.2 Å². The normalized spacial score (nSPS) is 19.5. The van der Waals surface area contributed by atoms with Crippen LogP contribution in [0.4, 0.5) is 0 Å². The largest absolute Gasteiger partial charge is 0.481 e. The van der Waals surface area contributed by atoms with Gasteiger partial charge >= 0.3 is 5.97 Å². The predicted octanol–water partition coefficient (Wildman–Crippen LogP) is 2.38. The number of nitrogens with zero attached hydrogens (tertiary/aromatic N) is 2. The van der Waals surface area contributed by atoms with Crippen molar-refractivity contribution in [3.8, 4) is 0 Å². The molecule has 24 heavy (non-hydrogen) atoms. The number of aliphatic carboxylic acids is 1. The molecule has 2 aromatic rings. The quantitative estimate of drug-likeness (QED) is 0.916. The molecule has 6 heteroatoms. The number of carbonyl (C=O) groups excluding carboxylic acids is 1. The Labute approximate surface area is 139 Å². The fraction of sp³-hybridized carbons (Fsp3) is 0.389. The van der Waals surface area contributed by atoms with E-state index in [1.807, 2.05) is 24.3 Å². The molecule has 2 aliphatic rings. The molecule has 1 atom stereocenters. The van der Waals surface area contributed by atoms with Crippen molar-refractivity contribution in [2.24, 2.45) is 0 Å². The fourth-order valence-electron chi connectivity index (χ4n) is 3.68. The molecule has 1 N–H and O–H groups in total. The minimum Gasteiger partial charge on any atom is -0.481 e. The highest BCUT2D eigenvalue weighted by atomic mass is 16.5. The number of benzene rings is 1. The minimum absolute atomic E-state index is 0.160. The molecule has 124 valence electrons. The van der Waals surface area contributed by atoms with E-state index in [0.717, 1.165) is 48.1 Å². The number of hydrogen-bond donors (Lipinski definition) is 1. The first-order valence-corrected chi connectivity index (χ1v) is 8.22. The van der Waals surface area contributed by atoms with Gasteiger partial charge in [-0.15, -0.1) is 0 Å². The molecule has 1 aliphatic carbocycles. The lowest BCUT2D eigenvalue weighted by Crippen LogP contribution is -2.41. The van der Waals surface area contributed by atoms with Crippen LogP contribution in [0.5, 0.6) is 0 Å². The zero-order chi connectivity index (χ0) is 16.7. The number of hydrogen-bond acceptors (Lipinski definition) is 4. The number of carboxylic acids is 1. The Morgan fingerprint density at radius 2 is 2.00 bits per heavy atom. The van der Waals surface area contributed by atoms with Crippen molar-refractivity contribution in [3.63, 3.8) is 0 Å². The maximum Gasteiger partial charge on any atom is 0.312 e. The standard InChI is InChI=1S/C18H18N2O4/c21-17(16-13-7-3-4-8-15(13)24-19-16)20-9-11-5-1-2-6-12(11)14(10-20)18(22)23/h1-2,5-6,14H,3-4,7-10H2,(H,22,23). The van der Waals surface area contributed by atoms with E-state index in [-0.39, 0.29) is 12.5 Å². The van der Waals surface area contributed by atoms with Gasteiger partial charge in [-0.2, -0.15) is 0 Å². The van der Waals surface area contributed by atoms with Crippen LogP contribution in [0.1, 0.15) is 51.7 Å². The van der Waals surface area contributed by atoms with Gasteiger partial charge in [-0.25, -0.2) is 0 Å². The van der Waals surface area contributed by atoms with Gasteiger partial charge in [-0.3, -0.25) is 9.59 Å². The topological polar surface area (TPSA) is 83.6 Å². The molecule has 1 unspecified atom stereocenters. The number of rotatable bonds is 2. The molecule has 0 radical (unpaired) electrons. The molecule has 1 aliphatic heterocycles. The average molecular weight is 326 g/mol. The maximum atomic E-state index is 12.9. The van der Waals surface area contributed by atoms with Crippen LogP contribution in [0.15, 0.2) is 28.8 Å². The highest BCUT2D eigenvalue weighted by molar-refractivity contribution is 5.94. The second-order valence-electron chi connectivity index (χ2n) is 6.42. The summed E-state index contributed by atoms with van der Waals surface area (Å²) in [5, 5.41) is 13.5. The van der Waals surface area contributed by atoms with Gasteiger partial charge < -0.3 is 14.5 Å². The molecule has 2 heterocycles. The zero-order valence-electron chi connectivity index (χ0n) is 13.2. The lowest BCUT2D eigenvalue weighted by Gasteiger charge is -2.32. The van der Waals surface area contributed by atoms with Crippen LogP contribution in [0.2, 0.25) is 0 Å². The van der Waals surface area contributed by atoms with Crippen molar-refractivity contribution in [2.75, 3.05) is 6.54 Å². The van der Waals surface area contributed by atoms with E-state index in [9.17, 15) is 14.7 Å². The van der Waals surface area contributed by atoms with Crippen LogP contribution in [0.3, 0.4) is 0 Å². The molecule has 0 fully saturated rings. The maximum absolute atomic E-state index is 12.9. The van der Waals surface area contributed by atoms with Crippen LogP contribution < -0.4 is 0 Å². The molecule has 1 amide bonds. The molecule has 4 rings (SSSR count). The lowest BCUT2D eigenvalue weighted by molar-refractivity contribution is -0.139. The van der Waals surface area contributed by atoms with Crippen LogP contribution in [0.25, 0.3) is 0 Å². The van der Waals surface area contributed by atoms with E-state index >= 15 is 0 Å². The molecular weight excluding hydrogens is 308 g/mol. The Balaban J connectivity index is 1.66. The summed E-state index contributed by atoms with van der Waals surface area (Å²) in [6.45, 7) is 0.563. The van der Waals surface area contributed by atoms with E-state index in [1.54, 1.807) is 4.90 Å². The van der Waals surface area contributed by atoms with Gasteiger partial charge in [0.25, 0.3) is 5.91 Å². The van der Waals surface area contributed by atoms with E-state index in [4.69, 9.17) is 4.52 Å². The monoisotopic (exact) mass is 326 g/mol. The van der Waals surface area contributed by atoms with Crippen molar-refractivity contribution in [1.29, 1.82) is 0 Å². The second-order valence-corrected chi connectivity index (χ2v) is 6.42. The summed E-state index contributed by atoms with van der Waals surface area (Å²) in [6, 6.07) is 7.40. The number of aryl methyl sites for hydroxylation is 1. The second kappa shape index (κ2) is 5.78. The summed E-state index contributed by atoms with van der Waals surface area (Å²) >= 11 is 0. The Bertz CT molecular complexity index is 811. The molecule has 1 aromatic carbocycles. The minimum atomic E-state index is -0.915. The smallest absolute Gasteiger partial charge is 0.312 e. The molecular formula is C18H18N2O4.